The van der Waals surface area contributed by atoms with Crippen molar-refractivity contribution in [3.8, 4) is 0 Å². The van der Waals surface area contributed by atoms with Crippen LogP contribution in [0.15, 0.2) is 0 Å². The van der Waals surface area contributed by atoms with E-state index in [9.17, 15) is 0 Å². The molecule has 1 heterocycles. The Hall–Kier alpha value is -0.970. The molecule has 1 unspecified atom stereocenters. The molecule has 5 nitrogen and oxygen atoms in total. The van der Waals surface area contributed by atoms with Crippen molar-refractivity contribution in [2.75, 3.05) is 0 Å². The number of nitrogens with two attached hydrogens (primary N) is 1. The van der Waals surface area contributed by atoms with E-state index in [1.54, 1.807) is 0 Å². The molecule has 0 spiro atoms. The SMILES string of the molecule is CC(CC1CC1)n1nnnc1CN. The summed E-state index contributed by atoms with van der Waals surface area (Å²) >= 11 is 0. The predicted molar refractivity (Wildman–Crippen MR) is 47.8 cm³/mol. The van der Waals surface area contributed by atoms with Gasteiger partial charge in [-0.05, 0) is 29.7 Å². The number of rotatable bonds is 4. The number of hydrogen-bond acceptors (Lipinski definition) is 4. The summed E-state index contributed by atoms with van der Waals surface area (Å²) < 4.78 is 1.85. The summed E-state index contributed by atoms with van der Waals surface area (Å²) in [5, 5.41) is 11.4. The smallest absolute Gasteiger partial charge is 0.165 e. The van der Waals surface area contributed by atoms with Gasteiger partial charge in [-0.25, -0.2) is 4.68 Å². The Bertz CT molecular complexity index is 278. The van der Waals surface area contributed by atoms with E-state index in [2.05, 4.69) is 22.4 Å². The monoisotopic (exact) mass is 181 g/mol. The molecule has 5 heteroatoms. The van der Waals surface area contributed by atoms with Crippen LogP contribution in [0.3, 0.4) is 0 Å². The van der Waals surface area contributed by atoms with Crippen LogP contribution in [0.4, 0.5) is 0 Å². The van der Waals surface area contributed by atoms with Gasteiger partial charge in [-0.3, -0.25) is 0 Å². The lowest BCUT2D eigenvalue weighted by molar-refractivity contribution is 0.413. The van der Waals surface area contributed by atoms with Gasteiger partial charge < -0.3 is 5.73 Å². The first-order valence-corrected chi connectivity index (χ1v) is 4.78. The van der Waals surface area contributed by atoms with Gasteiger partial charge in [0.1, 0.15) is 0 Å². The molecule has 0 saturated heterocycles. The van der Waals surface area contributed by atoms with Crippen molar-refractivity contribution >= 4 is 0 Å². The minimum Gasteiger partial charge on any atom is -0.324 e. The molecule has 2 rings (SSSR count). The standard InChI is InChI=1S/C8H15N5/c1-6(4-7-2-3-7)13-8(5-9)10-11-12-13/h6-7H,2-5,9H2,1H3. The Morgan fingerprint density at radius 3 is 3.00 bits per heavy atom. The molecule has 1 saturated carbocycles. The highest BCUT2D eigenvalue weighted by atomic mass is 15.5. The fraction of sp³-hybridized carbons (Fsp3) is 0.875. The summed E-state index contributed by atoms with van der Waals surface area (Å²) in [5.74, 6) is 1.68. The van der Waals surface area contributed by atoms with Gasteiger partial charge in [0.25, 0.3) is 0 Å². The second kappa shape index (κ2) is 3.41. The number of hydrogen-bond donors (Lipinski definition) is 1. The summed E-state index contributed by atoms with van der Waals surface area (Å²) in [6.07, 6.45) is 3.91. The minimum atomic E-state index is 0.390. The van der Waals surface area contributed by atoms with Crippen molar-refractivity contribution in [1.82, 2.24) is 20.2 Å². The maximum Gasteiger partial charge on any atom is 0.165 e. The van der Waals surface area contributed by atoms with E-state index < -0.39 is 0 Å². The molecule has 1 aliphatic rings. The molecule has 1 fully saturated rings. The maximum atomic E-state index is 5.52. The van der Waals surface area contributed by atoms with E-state index in [1.165, 1.54) is 19.3 Å². The molecule has 1 aromatic heterocycles. The molecular weight excluding hydrogens is 166 g/mol. The molecule has 0 bridgehead atoms. The second-order valence-electron chi connectivity index (χ2n) is 3.77. The van der Waals surface area contributed by atoms with Crippen molar-refractivity contribution in [3.63, 3.8) is 0 Å². The Labute approximate surface area is 77.3 Å². The Balaban J connectivity index is 2.04. The molecule has 0 aliphatic heterocycles. The van der Waals surface area contributed by atoms with Crippen LogP contribution in [0.2, 0.25) is 0 Å². The largest absolute Gasteiger partial charge is 0.324 e. The number of nitrogens with zero attached hydrogens (tertiary/aromatic N) is 4. The molecule has 72 valence electrons. The van der Waals surface area contributed by atoms with Crippen LogP contribution in [-0.2, 0) is 6.54 Å². The number of aromatic nitrogens is 4. The molecular formula is C8H15N5. The highest BCUT2D eigenvalue weighted by Crippen LogP contribution is 2.36. The molecule has 1 aromatic rings. The Morgan fingerprint density at radius 1 is 1.62 bits per heavy atom. The van der Waals surface area contributed by atoms with Gasteiger partial charge >= 0.3 is 0 Å². The lowest BCUT2D eigenvalue weighted by Crippen LogP contribution is -2.14. The van der Waals surface area contributed by atoms with Crippen molar-refractivity contribution in [2.45, 2.75) is 38.8 Å². The first-order chi connectivity index (χ1) is 6.31. The topological polar surface area (TPSA) is 69.6 Å². The zero-order chi connectivity index (χ0) is 9.26. The molecule has 13 heavy (non-hydrogen) atoms. The van der Waals surface area contributed by atoms with Crippen molar-refractivity contribution in [1.29, 1.82) is 0 Å². The third-order valence-electron chi connectivity index (χ3n) is 2.53. The van der Waals surface area contributed by atoms with Gasteiger partial charge in [0, 0.05) is 0 Å². The average Bonchev–Trinajstić information content (AvgIpc) is 2.82. The van der Waals surface area contributed by atoms with Crippen molar-refractivity contribution in [3.05, 3.63) is 5.82 Å². The maximum absolute atomic E-state index is 5.52. The van der Waals surface area contributed by atoms with Gasteiger partial charge in [-0.1, -0.05) is 12.8 Å². The van der Waals surface area contributed by atoms with E-state index in [4.69, 9.17) is 5.73 Å². The Morgan fingerprint density at radius 2 is 2.38 bits per heavy atom. The van der Waals surface area contributed by atoms with E-state index in [0.29, 0.717) is 12.6 Å². The fourth-order valence-corrected chi connectivity index (χ4v) is 1.62. The van der Waals surface area contributed by atoms with Crippen LogP contribution in [-0.4, -0.2) is 20.2 Å². The van der Waals surface area contributed by atoms with Gasteiger partial charge in [0.15, 0.2) is 5.82 Å². The van der Waals surface area contributed by atoms with Gasteiger partial charge in [-0.2, -0.15) is 0 Å². The normalized spacial score (nSPS) is 18.9. The predicted octanol–water partition coefficient (Wildman–Crippen LogP) is 0.493. The first-order valence-electron chi connectivity index (χ1n) is 4.78. The molecule has 1 aliphatic carbocycles. The third kappa shape index (κ3) is 1.85. The highest BCUT2D eigenvalue weighted by molar-refractivity contribution is 4.84. The van der Waals surface area contributed by atoms with Crippen LogP contribution < -0.4 is 5.73 Å². The van der Waals surface area contributed by atoms with Crippen LogP contribution in [0.25, 0.3) is 0 Å². The minimum absolute atomic E-state index is 0.390. The van der Waals surface area contributed by atoms with E-state index in [-0.39, 0.29) is 0 Å². The zero-order valence-corrected chi connectivity index (χ0v) is 7.85. The van der Waals surface area contributed by atoms with Crippen LogP contribution >= 0.6 is 0 Å². The molecule has 0 radical (unpaired) electrons. The quantitative estimate of drug-likeness (QED) is 0.734. The van der Waals surface area contributed by atoms with Gasteiger partial charge in [0.05, 0.1) is 12.6 Å². The van der Waals surface area contributed by atoms with Gasteiger partial charge in [-0.15, -0.1) is 5.10 Å². The summed E-state index contributed by atoms with van der Waals surface area (Å²) in [6, 6.07) is 0.390. The van der Waals surface area contributed by atoms with Gasteiger partial charge in [0.2, 0.25) is 0 Å². The summed E-state index contributed by atoms with van der Waals surface area (Å²) in [6.45, 7) is 2.57. The Kier molecular flexibility index (Phi) is 2.26. The first kappa shape index (κ1) is 8.62. The summed E-state index contributed by atoms with van der Waals surface area (Å²) in [7, 11) is 0. The van der Waals surface area contributed by atoms with Crippen molar-refractivity contribution in [2.24, 2.45) is 11.7 Å². The summed E-state index contributed by atoms with van der Waals surface area (Å²) in [4.78, 5) is 0. The third-order valence-corrected chi connectivity index (χ3v) is 2.53. The highest BCUT2D eigenvalue weighted by Gasteiger charge is 2.25. The average molecular weight is 181 g/mol. The van der Waals surface area contributed by atoms with Crippen LogP contribution in [0, 0.1) is 5.92 Å². The van der Waals surface area contributed by atoms with Crippen molar-refractivity contribution < 1.29 is 0 Å². The number of tetrazole rings is 1. The van der Waals surface area contributed by atoms with E-state index in [0.717, 1.165) is 11.7 Å². The molecule has 2 N–H and O–H groups in total. The lowest BCUT2D eigenvalue weighted by Gasteiger charge is -2.11. The van der Waals surface area contributed by atoms with Crippen LogP contribution in [0.5, 0.6) is 0 Å². The lowest BCUT2D eigenvalue weighted by atomic mass is 10.2. The molecule has 0 aromatic carbocycles. The second-order valence-corrected chi connectivity index (χ2v) is 3.77. The van der Waals surface area contributed by atoms with E-state index >= 15 is 0 Å². The fourth-order valence-electron chi connectivity index (χ4n) is 1.62. The zero-order valence-electron chi connectivity index (χ0n) is 7.85. The molecule has 0 amide bonds. The summed E-state index contributed by atoms with van der Waals surface area (Å²) in [5.41, 5.74) is 5.52. The molecule has 1 atom stereocenters. The van der Waals surface area contributed by atoms with Crippen LogP contribution in [0.1, 0.15) is 38.1 Å². The van der Waals surface area contributed by atoms with E-state index in [1.807, 2.05) is 4.68 Å².